The standard InChI is InChI=1S/C29H31F2N5O3/c30-19-7-8-20(22(31)14-19)25-15-24(35-39-25)28(38)33-23-9-13-36(16-18-5-6-18)17-21(23)27(37)34-29(10-3-11-29)26-4-1-2-12-32-26/h1-2,4,7-8,12,14-15,18,21,23H,3,5-6,9-11,13,16-17H2,(H,33,38)(H,34,37)/t21-,23-/m1/s1. The average molecular weight is 536 g/mol. The third kappa shape index (κ3) is 5.43. The van der Waals surface area contributed by atoms with Gasteiger partial charge in [-0.05, 0) is 68.7 Å². The highest BCUT2D eigenvalue weighted by atomic mass is 19.1. The lowest BCUT2D eigenvalue weighted by Gasteiger charge is -2.45. The van der Waals surface area contributed by atoms with Gasteiger partial charge in [-0.25, -0.2) is 8.78 Å². The van der Waals surface area contributed by atoms with Crippen molar-refractivity contribution < 1.29 is 22.9 Å². The number of piperidine rings is 1. The Kier molecular flexibility index (Phi) is 6.88. The van der Waals surface area contributed by atoms with Crippen LogP contribution in [0.1, 0.15) is 54.7 Å². The molecule has 1 saturated heterocycles. The lowest BCUT2D eigenvalue weighted by atomic mass is 9.73. The molecule has 3 aliphatic rings. The average Bonchev–Trinajstić information content (AvgIpc) is 3.59. The fourth-order valence-corrected chi connectivity index (χ4v) is 5.68. The minimum absolute atomic E-state index is 0.00825. The van der Waals surface area contributed by atoms with E-state index in [1.54, 1.807) is 6.20 Å². The van der Waals surface area contributed by atoms with Crippen molar-refractivity contribution in [2.24, 2.45) is 11.8 Å². The minimum Gasteiger partial charge on any atom is -0.355 e. The summed E-state index contributed by atoms with van der Waals surface area (Å²) < 4.78 is 32.7. The summed E-state index contributed by atoms with van der Waals surface area (Å²) in [5, 5.41) is 10.1. The van der Waals surface area contributed by atoms with E-state index in [-0.39, 0.29) is 22.9 Å². The number of nitrogens with one attached hydrogen (secondary N) is 2. The number of nitrogens with zero attached hydrogens (tertiary/aromatic N) is 3. The molecule has 6 rings (SSSR count). The lowest BCUT2D eigenvalue weighted by molar-refractivity contribution is -0.131. The number of carbonyl (C=O) groups excluding carboxylic acids is 2. The first-order valence-corrected chi connectivity index (χ1v) is 13.6. The van der Waals surface area contributed by atoms with Crippen LogP contribution in [-0.2, 0) is 10.3 Å². The third-order valence-electron chi connectivity index (χ3n) is 8.23. The van der Waals surface area contributed by atoms with E-state index in [0.717, 1.165) is 50.2 Å². The molecule has 2 amide bonds. The number of carbonyl (C=O) groups is 2. The maximum Gasteiger partial charge on any atom is 0.273 e. The predicted molar refractivity (Wildman–Crippen MR) is 138 cm³/mol. The van der Waals surface area contributed by atoms with Crippen LogP contribution < -0.4 is 10.6 Å². The van der Waals surface area contributed by atoms with Crippen molar-refractivity contribution in [2.75, 3.05) is 19.6 Å². The van der Waals surface area contributed by atoms with E-state index in [4.69, 9.17) is 4.52 Å². The second kappa shape index (κ2) is 10.5. The second-order valence-corrected chi connectivity index (χ2v) is 11.0. The summed E-state index contributed by atoms with van der Waals surface area (Å²) in [4.78, 5) is 33.8. The van der Waals surface area contributed by atoms with E-state index >= 15 is 0 Å². The van der Waals surface area contributed by atoms with Crippen LogP contribution in [0.15, 0.2) is 53.2 Å². The van der Waals surface area contributed by atoms with Gasteiger partial charge in [0.25, 0.3) is 5.91 Å². The maximum absolute atomic E-state index is 14.2. The molecule has 0 unspecified atom stereocenters. The first-order chi connectivity index (χ1) is 18.9. The smallest absolute Gasteiger partial charge is 0.273 e. The highest BCUT2D eigenvalue weighted by Crippen LogP contribution is 2.41. The molecule has 2 saturated carbocycles. The molecule has 39 heavy (non-hydrogen) atoms. The first-order valence-electron chi connectivity index (χ1n) is 13.6. The van der Waals surface area contributed by atoms with Gasteiger partial charge < -0.3 is 20.1 Å². The van der Waals surface area contributed by atoms with Gasteiger partial charge in [0.1, 0.15) is 11.6 Å². The molecular weight excluding hydrogens is 504 g/mol. The van der Waals surface area contributed by atoms with Crippen LogP contribution in [0, 0.1) is 23.5 Å². The molecule has 1 aliphatic heterocycles. The first kappa shape index (κ1) is 25.6. The van der Waals surface area contributed by atoms with Crippen molar-refractivity contribution in [3.05, 3.63) is 71.7 Å². The van der Waals surface area contributed by atoms with E-state index in [1.807, 2.05) is 18.2 Å². The SMILES string of the molecule is O=C(N[C@@H]1CCN(CC2CC2)C[C@H]1C(=O)NC1(c2ccccn2)CCC1)c1cc(-c2ccc(F)cc2F)on1. The molecule has 3 heterocycles. The fraction of sp³-hybridized carbons (Fsp3) is 0.448. The van der Waals surface area contributed by atoms with Crippen LogP contribution in [0.5, 0.6) is 0 Å². The van der Waals surface area contributed by atoms with Gasteiger partial charge in [-0.1, -0.05) is 11.2 Å². The molecule has 3 fully saturated rings. The summed E-state index contributed by atoms with van der Waals surface area (Å²) >= 11 is 0. The van der Waals surface area contributed by atoms with Crippen LogP contribution in [0.3, 0.4) is 0 Å². The van der Waals surface area contributed by atoms with Crippen LogP contribution in [0.2, 0.25) is 0 Å². The number of likely N-dealkylation sites (tertiary alicyclic amines) is 1. The molecule has 1 aromatic carbocycles. The van der Waals surface area contributed by atoms with Crippen molar-refractivity contribution in [1.29, 1.82) is 0 Å². The summed E-state index contributed by atoms with van der Waals surface area (Å²) in [6.07, 6.45) is 7.47. The minimum atomic E-state index is -0.810. The lowest BCUT2D eigenvalue weighted by Crippen LogP contribution is -2.60. The number of rotatable bonds is 8. The van der Waals surface area contributed by atoms with E-state index < -0.39 is 35.0 Å². The summed E-state index contributed by atoms with van der Waals surface area (Å²) in [7, 11) is 0. The van der Waals surface area contributed by atoms with Crippen LogP contribution in [-0.4, -0.2) is 52.5 Å². The zero-order valence-electron chi connectivity index (χ0n) is 21.5. The molecule has 3 aromatic rings. The molecule has 8 nitrogen and oxygen atoms in total. The Morgan fingerprint density at radius 2 is 1.95 bits per heavy atom. The fourth-order valence-electron chi connectivity index (χ4n) is 5.68. The summed E-state index contributed by atoms with van der Waals surface area (Å²) in [5.74, 6) is -1.87. The highest BCUT2D eigenvalue weighted by Gasteiger charge is 2.45. The number of aromatic nitrogens is 2. The predicted octanol–water partition coefficient (Wildman–Crippen LogP) is 4.04. The number of hydrogen-bond acceptors (Lipinski definition) is 6. The van der Waals surface area contributed by atoms with Crippen molar-refractivity contribution >= 4 is 11.8 Å². The number of benzene rings is 1. The molecule has 2 aliphatic carbocycles. The van der Waals surface area contributed by atoms with E-state index in [9.17, 15) is 18.4 Å². The van der Waals surface area contributed by atoms with E-state index in [0.29, 0.717) is 18.9 Å². The Hall–Kier alpha value is -3.66. The third-order valence-corrected chi connectivity index (χ3v) is 8.23. The van der Waals surface area contributed by atoms with Crippen molar-refractivity contribution in [3.63, 3.8) is 0 Å². The summed E-state index contributed by atoms with van der Waals surface area (Å²) in [6, 6.07) is 9.75. The maximum atomic E-state index is 14.2. The van der Waals surface area contributed by atoms with Gasteiger partial charge >= 0.3 is 0 Å². The van der Waals surface area contributed by atoms with Crippen LogP contribution in [0.4, 0.5) is 8.78 Å². The van der Waals surface area contributed by atoms with Gasteiger partial charge in [0.05, 0.1) is 22.7 Å². The molecule has 2 N–H and O–H groups in total. The monoisotopic (exact) mass is 535 g/mol. The molecule has 2 aromatic heterocycles. The molecule has 0 bridgehead atoms. The molecule has 204 valence electrons. The Morgan fingerprint density at radius 1 is 1.10 bits per heavy atom. The Bertz CT molecular complexity index is 1360. The van der Waals surface area contributed by atoms with Gasteiger partial charge in [-0.3, -0.25) is 14.6 Å². The normalized spacial score (nSPS) is 22.6. The van der Waals surface area contributed by atoms with Crippen LogP contribution >= 0.6 is 0 Å². The van der Waals surface area contributed by atoms with Gasteiger partial charge in [-0.2, -0.15) is 0 Å². The van der Waals surface area contributed by atoms with Gasteiger partial charge in [-0.15, -0.1) is 0 Å². The van der Waals surface area contributed by atoms with Gasteiger partial charge in [0.15, 0.2) is 11.5 Å². The van der Waals surface area contributed by atoms with Crippen LogP contribution in [0.25, 0.3) is 11.3 Å². The zero-order chi connectivity index (χ0) is 27.0. The Labute approximate surface area is 225 Å². The summed E-state index contributed by atoms with van der Waals surface area (Å²) in [5.41, 5.74) is 0.358. The van der Waals surface area contributed by atoms with Crippen molar-refractivity contribution in [1.82, 2.24) is 25.7 Å². The molecule has 0 radical (unpaired) electrons. The van der Waals surface area contributed by atoms with Gasteiger partial charge in [0, 0.05) is 44.0 Å². The second-order valence-electron chi connectivity index (χ2n) is 11.0. The Morgan fingerprint density at radius 3 is 2.64 bits per heavy atom. The molecule has 0 spiro atoms. The van der Waals surface area contributed by atoms with E-state index in [2.05, 4.69) is 25.7 Å². The number of amides is 2. The summed E-state index contributed by atoms with van der Waals surface area (Å²) in [6.45, 7) is 2.30. The number of halogens is 2. The Balaban J connectivity index is 1.18. The topological polar surface area (TPSA) is 100 Å². The highest BCUT2D eigenvalue weighted by molar-refractivity contribution is 5.94. The number of hydrogen-bond donors (Lipinski definition) is 2. The van der Waals surface area contributed by atoms with E-state index in [1.165, 1.54) is 25.0 Å². The largest absolute Gasteiger partial charge is 0.355 e. The molecule has 2 atom stereocenters. The molecule has 10 heteroatoms. The zero-order valence-corrected chi connectivity index (χ0v) is 21.5. The number of pyridine rings is 1. The molecular formula is C29H31F2N5O3. The van der Waals surface area contributed by atoms with Crippen molar-refractivity contribution in [3.8, 4) is 11.3 Å². The quantitative estimate of drug-likeness (QED) is 0.452. The van der Waals surface area contributed by atoms with Crippen molar-refractivity contribution in [2.45, 2.75) is 50.1 Å². The van der Waals surface area contributed by atoms with Gasteiger partial charge in [0.2, 0.25) is 5.91 Å².